The van der Waals surface area contributed by atoms with E-state index in [0.717, 1.165) is 37.2 Å². The molecule has 1 aliphatic rings. The van der Waals surface area contributed by atoms with Crippen molar-refractivity contribution >= 4 is 11.6 Å². The number of hydrogen-bond donors (Lipinski definition) is 2. The highest BCUT2D eigenvalue weighted by Gasteiger charge is 2.28. The maximum Gasteiger partial charge on any atom is 0.253 e. The van der Waals surface area contributed by atoms with E-state index < -0.39 is 5.60 Å². The largest absolute Gasteiger partial charge is 0.466 e. The fourth-order valence-electron chi connectivity index (χ4n) is 3.09. The van der Waals surface area contributed by atoms with E-state index >= 15 is 0 Å². The van der Waals surface area contributed by atoms with Crippen molar-refractivity contribution in [1.29, 1.82) is 0 Å². The predicted octanol–water partition coefficient (Wildman–Crippen LogP) is 2.83. The van der Waals surface area contributed by atoms with Crippen molar-refractivity contribution < 1.29 is 14.3 Å². The lowest BCUT2D eigenvalue weighted by molar-refractivity contribution is 0.0330. The van der Waals surface area contributed by atoms with E-state index in [0.29, 0.717) is 11.3 Å². The summed E-state index contributed by atoms with van der Waals surface area (Å²) < 4.78 is 5.25. The van der Waals surface area contributed by atoms with Crippen LogP contribution >= 0.6 is 0 Å². The Kier molecular flexibility index (Phi) is 4.62. The van der Waals surface area contributed by atoms with Crippen molar-refractivity contribution in [3.63, 3.8) is 0 Å². The Hall–Kier alpha value is -2.27. The molecule has 1 aromatic heterocycles. The van der Waals surface area contributed by atoms with E-state index in [2.05, 4.69) is 10.2 Å². The topological polar surface area (TPSA) is 65.7 Å². The van der Waals surface area contributed by atoms with Gasteiger partial charge in [0, 0.05) is 18.8 Å². The molecule has 2 heterocycles. The van der Waals surface area contributed by atoms with E-state index in [4.69, 9.17) is 4.42 Å². The second-order valence-electron chi connectivity index (χ2n) is 6.65. The summed E-state index contributed by atoms with van der Waals surface area (Å²) in [5.74, 6) is 0.263. The third-order valence-corrected chi connectivity index (χ3v) is 4.49. The molecule has 5 nitrogen and oxygen atoms in total. The van der Waals surface area contributed by atoms with Gasteiger partial charge in [-0.3, -0.25) is 4.79 Å². The summed E-state index contributed by atoms with van der Waals surface area (Å²) in [6.45, 7) is 5.65. The SMILES string of the molecule is Cc1ccc(N2CCCC2)c(C(=O)NCC(C)(O)c2ccco2)c1. The van der Waals surface area contributed by atoms with Crippen molar-refractivity contribution in [2.75, 3.05) is 24.5 Å². The molecule has 2 aromatic rings. The van der Waals surface area contributed by atoms with Crippen molar-refractivity contribution in [3.8, 4) is 0 Å². The average molecular weight is 328 g/mol. The number of anilines is 1. The van der Waals surface area contributed by atoms with Crippen LogP contribution in [0, 0.1) is 6.92 Å². The van der Waals surface area contributed by atoms with Crippen molar-refractivity contribution in [3.05, 3.63) is 53.5 Å². The second-order valence-corrected chi connectivity index (χ2v) is 6.65. The van der Waals surface area contributed by atoms with Crippen LogP contribution in [0.25, 0.3) is 0 Å². The zero-order valence-electron chi connectivity index (χ0n) is 14.2. The zero-order valence-corrected chi connectivity index (χ0v) is 14.2. The molecule has 1 atom stereocenters. The molecule has 3 rings (SSSR count). The van der Waals surface area contributed by atoms with Gasteiger partial charge in [-0.25, -0.2) is 0 Å². The fourth-order valence-corrected chi connectivity index (χ4v) is 3.09. The van der Waals surface area contributed by atoms with Gasteiger partial charge in [0.2, 0.25) is 0 Å². The summed E-state index contributed by atoms with van der Waals surface area (Å²) in [4.78, 5) is 15.0. The van der Waals surface area contributed by atoms with E-state index in [-0.39, 0.29) is 12.5 Å². The molecule has 1 aromatic carbocycles. The minimum atomic E-state index is -1.24. The van der Waals surface area contributed by atoms with Gasteiger partial charge in [0.1, 0.15) is 11.4 Å². The molecular formula is C19H24N2O3. The van der Waals surface area contributed by atoms with Gasteiger partial charge in [-0.05, 0) is 51.0 Å². The standard InChI is InChI=1S/C19H24N2O3/c1-14-7-8-16(21-9-3-4-10-21)15(12-14)18(22)20-13-19(2,23)17-6-5-11-24-17/h5-8,11-12,23H,3-4,9-10,13H2,1-2H3,(H,20,22). The molecule has 0 radical (unpaired) electrons. The number of hydrogen-bond acceptors (Lipinski definition) is 4. The highest BCUT2D eigenvalue weighted by Crippen LogP contribution is 2.26. The Bertz CT molecular complexity index is 701. The lowest BCUT2D eigenvalue weighted by Gasteiger charge is -2.24. The molecule has 2 N–H and O–H groups in total. The summed E-state index contributed by atoms with van der Waals surface area (Å²) >= 11 is 0. The highest BCUT2D eigenvalue weighted by molar-refractivity contribution is 6.00. The normalized spacial score (nSPS) is 16.9. The van der Waals surface area contributed by atoms with Gasteiger partial charge in [0.25, 0.3) is 5.91 Å². The minimum Gasteiger partial charge on any atom is -0.466 e. The van der Waals surface area contributed by atoms with Crippen LogP contribution in [0.5, 0.6) is 0 Å². The van der Waals surface area contributed by atoms with Crippen LogP contribution in [0.2, 0.25) is 0 Å². The van der Waals surface area contributed by atoms with E-state index in [9.17, 15) is 9.90 Å². The van der Waals surface area contributed by atoms with Gasteiger partial charge in [0.05, 0.1) is 18.4 Å². The lowest BCUT2D eigenvalue weighted by Crippen LogP contribution is -2.39. The molecule has 0 aliphatic carbocycles. The third-order valence-electron chi connectivity index (χ3n) is 4.49. The van der Waals surface area contributed by atoms with Crippen LogP contribution in [0.3, 0.4) is 0 Å². The maximum absolute atomic E-state index is 12.7. The van der Waals surface area contributed by atoms with Crippen molar-refractivity contribution in [1.82, 2.24) is 5.32 Å². The predicted molar refractivity (Wildman–Crippen MR) is 93.2 cm³/mol. The molecule has 0 spiro atoms. The van der Waals surface area contributed by atoms with E-state index in [1.54, 1.807) is 19.1 Å². The van der Waals surface area contributed by atoms with Crippen LogP contribution in [0.15, 0.2) is 41.0 Å². The summed E-state index contributed by atoms with van der Waals surface area (Å²) in [6, 6.07) is 9.38. The zero-order chi connectivity index (χ0) is 17.2. The van der Waals surface area contributed by atoms with Gasteiger partial charge < -0.3 is 19.7 Å². The number of aliphatic hydroxyl groups is 1. The molecule has 1 unspecified atom stereocenters. The van der Waals surface area contributed by atoms with Gasteiger partial charge >= 0.3 is 0 Å². The van der Waals surface area contributed by atoms with Gasteiger partial charge in [-0.2, -0.15) is 0 Å². The van der Waals surface area contributed by atoms with Gasteiger partial charge in [-0.15, -0.1) is 0 Å². The number of aryl methyl sites for hydroxylation is 1. The van der Waals surface area contributed by atoms with E-state index in [1.165, 1.54) is 6.26 Å². The number of benzene rings is 1. The van der Waals surface area contributed by atoms with Gasteiger partial charge in [0.15, 0.2) is 0 Å². The summed E-state index contributed by atoms with van der Waals surface area (Å²) in [5, 5.41) is 13.3. The van der Waals surface area contributed by atoms with Crippen LogP contribution < -0.4 is 10.2 Å². The number of nitrogens with zero attached hydrogens (tertiary/aromatic N) is 1. The minimum absolute atomic E-state index is 0.0900. The van der Waals surface area contributed by atoms with E-state index in [1.807, 2.05) is 25.1 Å². The van der Waals surface area contributed by atoms with Crippen LogP contribution in [-0.2, 0) is 5.60 Å². The Labute approximate surface area is 142 Å². The molecule has 0 saturated carbocycles. The molecule has 1 saturated heterocycles. The molecule has 0 bridgehead atoms. The first-order valence-electron chi connectivity index (χ1n) is 8.37. The quantitative estimate of drug-likeness (QED) is 0.886. The summed E-state index contributed by atoms with van der Waals surface area (Å²) in [6.07, 6.45) is 3.82. The number of rotatable bonds is 5. The molecule has 128 valence electrons. The number of carbonyl (C=O) groups excluding carboxylic acids is 1. The molecule has 1 fully saturated rings. The molecule has 5 heteroatoms. The fraction of sp³-hybridized carbons (Fsp3) is 0.421. The Morgan fingerprint density at radius 1 is 1.33 bits per heavy atom. The lowest BCUT2D eigenvalue weighted by atomic mass is 10.0. The monoisotopic (exact) mass is 328 g/mol. The molecule has 24 heavy (non-hydrogen) atoms. The van der Waals surface area contributed by atoms with Gasteiger partial charge in [-0.1, -0.05) is 11.6 Å². The van der Waals surface area contributed by atoms with Crippen molar-refractivity contribution in [2.45, 2.75) is 32.3 Å². The Morgan fingerprint density at radius 2 is 2.08 bits per heavy atom. The smallest absolute Gasteiger partial charge is 0.253 e. The molecule has 1 amide bonds. The summed E-state index contributed by atoms with van der Waals surface area (Å²) in [7, 11) is 0. The first kappa shape index (κ1) is 16.6. The average Bonchev–Trinajstić information content (AvgIpc) is 3.25. The summed E-state index contributed by atoms with van der Waals surface area (Å²) in [5.41, 5.74) is 1.43. The Morgan fingerprint density at radius 3 is 2.75 bits per heavy atom. The first-order valence-corrected chi connectivity index (χ1v) is 8.37. The second kappa shape index (κ2) is 6.69. The third kappa shape index (κ3) is 3.46. The molecular weight excluding hydrogens is 304 g/mol. The number of furan rings is 1. The maximum atomic E-state index is 12.7. The van der Waals surface area contributed by atoms with Crippen LogP contribution in [0.1, 0.15) is 41.4 Å². The number of nitrogens with one attached hydrogen (secondary N) is 1. The van der Waals surface area contributed by atoms with Crippen molar-refractivity contribution in [2.24, 2.45) is 0 Å². The van der Waals surface area contributed by atoms with Crippen LogP contribution in [0.4, 0.5) is 5.69 Å². The first-order chi connectivity index (χ1) is 11.5. The molecule has 1 aliphatic heterocycles. The van der Waals surface area contributed by atoms with Crippen LogP contribution in [-0.4, -0.2) is 30.6 Å². The number of amides is 1. The Balaban J connectivity index is 1.76. The number of carbonyl (C=O) groups is 1. The highest BCUT2D eigenvalue weighted by atomic mass is 16.4.